The van der Waals surface area contributed by atoms with E-state index >= 15 is 0 Å². The van der Waals surface area contributed by atoms with Crippen LogP contribution in [0.25, 0.3) is 0 Å². The summed E-state index contributed by atoms with van der Waals surface area (Å²) in [6.45, 7) is 1.92. The van der Waals surface area contributed by atoms with Crippen molar-refractivity contribution in [3.8, 4) is 0 Å². The summed E-state index contributed by atoms with van der Waals surface area (Å²) in [4.78, 5) is 55.3. The first-order valence-corrected chi connectivity index (χ1v) is 13.6. The molecule has 1 saturated carbocycles. The van der Waals surface area contributed by atoms with Crippen LogP contribution in [0.15, 0.2) is 30.4 Å². The Kier molecular flexibility index (Phi) is 8.73. The lowest BCUT2D eigenvalue weighted by Gasteiger charge is -2.32. The van der Waals surface area contributed by atoms with Gasteiger partial charge in [0, 0.05) is 41.2 Å². The standard InChI is InChI=1S/C27H33Cl2N3O4/c1-2-23(25(34)30-17-8-3-4-9-17)32(16-20-21(28)12-7-13-22(20)29)24(33)14-15-31-26(35)18-10-5-6-11-19(18)27(31)36/h5-7,12-13,17-19,23H,2-4,8-11,14-16H2,1H3,(H,30,34)/t18-,19+,23-/m0/s1. The van der Waals surface area contributed by atoms with E-state index in [1.165, 1.54) is 9.80 Å². The van der Waals surface area contributed by atoms with Crippen molar-refractivity contribution in [3.63, 3.8) is 0 Å². The molecule has 0 radical (unpaired) electrons. The Hall–Kier alpha value is -2.38. The van der Waals surface area contributed by atoms with Gasteiger partial charge in [-0.3, -0.25) is 24.1 Å². The Morgan fingerprint density at radius 2 is 1.64 bits per heavy atom. The highest BCUT2D eigenvalue weighted by atomic mass is 35.5. The quantitative estimate of drug-likeness (QED) is 0.374. The molecular formula is C27H33Cl2N3O4. The number of imide groups is 1. The van der Waals surface area contributed by atoms with Crippen LogP contribution < -0.4 is 5.32 Å². The Morgan fingerprint density at radius 1 is 1.06 bits per heavy atom. The van der Waals surface area contributed by atoms with E-state index in [4.69, 9.17) is 23.2 Å². The molecule has 4 amide bonds. The summed E-state index contributed by atoms with van der Waals surface area (Å²) in [6.07, 6.45) is 9.33. The number of benzene rings is 1. The highest BCUT2D eigenvalue weighted by molar-refractivity contribution is 6.36. The van der Waals surface area contributed by atoms with Crippen molar-refractivity contribution in [2.75, 3.05) is 6.54 Å². The minimum absolute atomic E-state index is 0.00304. The van der Waals surface area contributed by atoms with Crippen molar-refractivity contribution in [2.24, 2.45) is 11.8 Å². The van der Waals surface area contributed by atoms with Crippen LogP contribution in [-0.2, 0) is 25.7 Å². The Balaban J connectivity index is 1.52. The number of carbonyl (C=O) groups is 4. The normalized spacial score (nSPS) is 22.6. The molecule has 1 aromatic carbocycles. The summed E-state index contributed by atoms with van der Waals surface area (Å²) in [5.41, 5.74) is 0.562. The van der Waals surface area contributed by atoms with Crippen LogP contribution in [0.1, 0.15) is 63.9 Å². The minimum Gasteiger partial charge on any atom is -0.352 e. The first-order chi connectivity index (χ1) is 17.3. The second-order valence-corrected chi connectivity index (χ2v) is 10.7. The molecule has 1 N–H and O–H groups in total. The number of amides is 4. The van der Waals surface area contributed by atoms with E-state index in [0.717, 1.165) is 25.7 Å². The SMILES string of the molecule is CC[C@@H](C(=O)NC1CCCC1)N(Cc1c(Cl)cccc1Cl)C(=O)CCN1C(=O)[C@H]2CC=CC[C@H]2C1=O. The zero-order valence-corrected chi connectivity index (χ0v) is 22.1. The molecule has 0 bridgehead atoms. The molecule has 0 aromatic heterocycles. The Labute approximate surface area is 222 Å². The average Bonchev–Trinajstić information content (AvgIpc) is 3.46. The summed E-state index contributed by atoms with van der Waals surface area (Å²) in [7, 11) is 0. The minimum atomic E-state index is -0.720. The van der Waals surface area contributed by atoms with Gasteiger partial charge in [0.2, 0.25) is 23.6 Å². The Morgan fingerprint density at radius 3 is 2.19 bits per heavy atom. The van der Waals surface area contributed by atoms with E-state index in [9.17, 15) is 19.2 Å². The van der Waals surface area contributed by atoms with Gasteiger partial charge in [0.1, 0.15) is 6.04 Å². The van der Waals surface area contributed by atoms with Crippen molar-refractivity contribution in [3.05, 3.63) is 46.0 Å². The molecule has 2 aliphatic carbocycles. The van der Waals surface area contributed by atoms with Crippen molar-refractivity contribution in [2.45, 2.75) is 76.9 Å². The molecule has 1 heterocycles. The maximum atomic E-state index is 13.6. The van der Waals surface area contributed by atoms with Crippen LogP contribution in [0.3, 0.4) is 0 Å². The van der Waals surface area contributed by atoms with E-state index in [1.54, 1.807) is 18.2 Å². The summed E-state index contributed by atoms with van der Waals surface area (Å²) in [6, 6.07) is 4.51. The van der Waals surface area contributed by atoms with Crippen LogP contribution in [0.2, 0.25) is 10.0 Å². The highest BCUT2D eigenvalue weighted by Crippen LogP contribution is 2.35. The summed E-state index contributed by atoms with van der Waals surface area (Å²) in [5, 5.41) is 3.92. The number of nitrogens with zero attached hydrogens (tertiary/aromatic N) is 2. The molecule has 7 nitrogen and oxygen atoms in total. The molecular weight excluding hydrogens is 501 g/mol. The zero-order chi connectivity index (χ0) is 25.8. The Bertz CT molecular complexity index is 1010. The molecule has 3 atom stereocenters. The molecule has 0 spiro atoms. The topological polar surface area (TPSA) is 86.8 Å². The molecule has 2 fully saturated rings. The number of fused-ring (bicyclic) bond motifs is 1. The van der Waals surface area contributed by atoms with Crippen LogP contribution >= 0.6 is 23.2 Å². The number of hydrogen-bond donors (Lipinski definition) is 1. The lowest BCUT2D eigenvalue weighted by Crippen LogP contribution is -2.51. The molecule has 0 unspecified atom stereocenters. The molecule has 36 heavy (non-hydrogen) atoms. The molecule has 1 aromatic rings. The van der Waals surface area contributed by atoms with Crippen molar-refractivity contribution in [1.29, 1.82) is 0 Å². The first kappa shape index (κ1) is 26.7. The van der Waals surface area contributed by atoms with Gasteiger partial charge in [-0.1, -0.05) is 61.2 Å². The van der Waals surface area contributed by atoms with Gasteiger partial charge in [-0.2, -0.15) is 0 Å². The molecule has 194 valence electrons. The molecule has 1 saturated heterocycles. The van der Waals surface area contributed by atoms with Crippen LogP contribution in [0.4, 0.5) is 0 Å². The first-order valence-electron chi connectivity index (χ1n) is 12.8. The fraction of sp³-hybridized carbons (Fsp3) is 0.556. The van der Waals surface area contributed by atoms with E-state index in [1.807, 2.05) is 19.1 Å². The molecule has 9 heteroatoms. The second kappa shape index (κ2) is 11.8. The van der Waals surface area contributed by atoms with E-state index < -0.39 is 6.04 Å². The highest BCUT2D eigenvalue weighted by Gasteiger charge is 2.47. The van der Waals surface area contributed by atoms with E-state index in [0.29, 0.717) is 34.9 Å². The maximum absolute atomic E-state index is 13.6. The van der Waals surface area contributed by atoms with Crippen molar-refractivity contribution >= 4 is 46.8 Å². The van der Waals surface area contributed by atoms with E-state index in [2.05, 4.69) is 5.32 Å². The van der Waals surface area contributed by atoms with Crippen LogP contribution in [-0.4, -0.2) is 52.1 Å². The lowest BCUT2D eigenvalue weighted by atomic mass is 9.85. The number of carbonyl (C=O) groups excluding carboxylic acids is 4. The van der Waals surface area contributed by atoms with Crippen LogP contribution in [0, 0.1) is 11.8 Å². The van der Waals surface area contributed by atoms with Gasteiger partial charge < -0.3 is 10.2 Å². The smallest absolute Gasteiger partial charge is 0.243 e. The monoisotopic (exact) mass is 533 g/mol. The predicted octanol–water partition coefficient (Wildman–Crippen LogP) is 4.50. The maximum Gasteiger partial charge on any atom is 0.243 e. The number of rotatable bonds is 9. The number of likely N-dealkylation sites (tertiary alicyclic amines) is 1. The fourth-order valence-electron chi connectivity index (χ4n) is 5.58. The third kappa shape index (κ3) is 5.62. The van der Waals surface area contributed by atoms with Gasteiger partial charge in [-0.25, -0.2) is 0 Å². The number of allylic oxidation sites excluding steroid dienone is 2. The number of halogens is 2. The molecule has 1 aliphatic heterocycles. The van der Waals surface area contributed by atoms with Crippen molar-refractivity contribution in [1.82, 2.24) is 15.1 Å². The summed E-state index contributed by atoms with van der Waals surface area (Å²) in [5.74, 6) is -1.63. The number of nitrogens with one attached hydrogen (secondary N) is 1. The second-order valence-electron chi connectivity index (χ2n) is 9.87. The lowest BCUT2D eigenvalue weighted by molar-refractivity contribution is -0.144. The van der Waals surface area contributed by atoms with E-state index in [-0.39, 0.29) is 61.0 Å². The summed E-state index contributed by atoms with van der Waals surface area (Å²) < 4.78 is 0. The molecule has 3 aliphatic rings. The van der Waals surface area contributed by atoms with Gasteiger partial charge in [-0.15, -0.1) is 0 Å². The largest absolute Gasteiger partial charge is 0.352 e. The number of hydrogen-bond acceptors (Lipinski definition) is 4. The predicted molar refractivity (Wildman–Crippen MR) is 138 cm³/mol. The van der Waals surface area contributed by atoms with Crippen LogP contribution in [0.5, 0.6) is 0 Å². The third-order valence-electron chi connectivity index (χ3n) is 7.63. The third-order valence-corrected chi connectivity index (χ3v) is 8.33. The zero-order valence-electron chi connectivity index (χ0n) is 20.6. The van der Waals surface area contributed by atoms with Gasteiger partial charge in [0.25, 0.3) is 0 Å². The average molecular weight is 534 g/mol. The van der Waals surface area contributed by atoms with Gasteiger partial charge >= 0.3 is 0 Å². The van der Waals surface area contributed by atoms with Gasteiger partial charge in [0.15, 0.2) is 0 Å². The van der Waals surface area contributed by atoms with Crippen molar-refractivity contribution < 1.29 is 19.2 Å². The van der Waals surface area contributed by atoms with Gasteiger partial charge in [-0.05, 0) is 44.2 Å². The van der Waals surface area contributed by atoms with Gasteiger partial charge in [0.05, 0.1) is 11.8 Å². The molecule has 4 rings (SSSR count). The fourth-order valence-corrected chi connectivity index (χ4v) is 6.10. The summed E-state index contributed by atoms with van der Waals surface area (Å²) >= 11 is 12.8.